The second-order valence-corrected chi connectivity index (χ2v) is 3.47. The molecule has 0 spiro atoms. The summed E-state index contributed by atoms with van der Waals surface area (Å²) in [6.45, 7) is 5.33. The van der Waals surface area contributed by atoms with E-state index in [0.717, 1.165) is 6.54 Å². The normalized spacial score (nSPS) is 12.8. The molecule has 1 aromatic carbocycles. The monoisotopic (exact) mass is 179 g/mol. The summed E-state index contributed by atoms with van der Waals surface area (Å²) in [5.74, 6) is 0. The van der Waals surface area contributed by atoms with Gasteiger partial charge in [0.05, 0.1) is 6.10 Å². The molecule has 0 saturated carbocycles. The fraction of sp³-hybridized carbons (Fsp3) is 0.455. The average Bonchev–Trinajstić information content (AvgIpc) is 2.08. The number of aliphatic hydroxyl groups excluding tert-OH is 1. The average molecular weight is 179 g/mol. The molecule has 2 N–H and O–H groups in total. The number of hydrogen-bond donors (Lipinski definition) is 2. The minimum atomic E-state index is -0.273. The topological polar surface area (TPSA) is 32.3 Å². The highest BCUT2D eigenvalue weighted by molar-refractivity contribution is 5.20. The lowest BCUT2D eigenvalue weighted by molar-refractivity contribution is 0.191. The molecule has 0 aromatic heterocycles. The highest BCUT2D eigenvalue weighted by atomic mass is 16.3. The second-order valence-electron chi connectivity index (χ2n) is 3.47. The summed E-state index contributed by atoms with van der Waals surface area (Å²) in [6, 6.07) is 8.40. The third-order valence-electron chi connectivity index (χ3n) is 1.89. The van der Waals surface area contributed by atoms with E-state index in [4.69, 9.17) is 5.11 Å². The van der Waals surface area contributed by atoms with Gasteiger partial charge < -0.3 is 10.4 Å². The van der Waals surface area contributed by atoms with Gasteiger partial charge in [0.1, 0.15) is 0 Å². The Labute approximate surface area is 79.6 Å². The minimum Gasteiger partial charge on any atom is -0.392 e. The van der Waals surface area contributed by atoms with Crippen molar-refractivity contribution in [2.45, 2.75) is 26.5 Å². The Morgan fingerprint density at radius 1 is 1.31 bits per heavy atom. The van der Waals surface area contributed by atoms with Crippen LogP contribution in [0.25, 0.3) is 0 Å². The summed E-state index contributed by atoms with van der Waals surface area (Å²) in [7, 11) is 0. The van der Waals surface area contributed by atoms with Gasteiger partial charge in [0, 0.05) is 13.1 Å². The van der Waals surface area contributed by atoms with Crippen molar-refractivity contribution < 1.29 is 5.11 Å². The van der Waals surface area contributed by atoms with Crippen LogP contribution in [0, 0.1) is 6.92 Å². The molecule has 2 nitrogen and oxygen atoms in total. The molecule has 0 fully saturated rings. The fourth-order valence-corrected chi connectivity index (χ4v) is 1.13. The fourth-order valence-electron chi connectivity index (χ4n) is 1.13. The minimum absolute atomic E-state index is 0.273. The quantitative estimate of drug-likeness (QED) is 0.733. The van der Waals surface area contributed by atoms with Gasteiger partial charge in [0.25, 0.3) is 0 Å². The number of rotatable bonds is 4. The standard InChI is InChI=1S/C11H17NO/c1-9-3-5-11(6-4-9)8-12-7-10(2)13/h3-6,10,12-13H,7-8H2,1-2H3/t10-/m1/s1. The molecule has 0 unspecified atom stereocenters. The van der Waals surface area contributed by atoms with Crippen LogP contribution in [0.5, 0.6) is 0 Å². The Balaban J connectivity index is 2.33. The number of hydrogen-bond acceptors (Lipinski definition) is 2. The van der Waals surface area contributed by atoms with Crippen LogP contribution in [0.3, 0.4) is 0 Å². The number of nitrogens with one attached hydrogen (secondary N) is 1. The molecule has 0 heterocycles. The molecule has 0 saturated heterocycles. The van der Waals surface area contributed by atoms with Gasteiger partial charge in [-0.1, -0.05) is 29.8 Å². The van der Waals surface area contributed by atoms with Crippen molar-refractivity contribution in [1.29, 1.82) is 0 Å². The lowest BCUT2D eigenvalue weighted by atomic mass is 10.1. The number of aryl methyl sites for hydroxylation is 1. The van der Waals surface area contributed by atoms with Crippen LogP contribution >= 0.6 is 0 Å². The zero-order chi connectivity index (χ0) is 9.68. The molecule has 0 amide bonds. The van der Waals surface area contributed by atoms with Gasteiger partial charge in [0.2, 0.25) is 0 Å². The van der Waals surface area contributed by atoms with Gasteiger partial charge in [-0.05, 0) is 19.4 Å². The summed E-state index contributed by atoms with van der Waals surface area (Å²) < 4.78 is 0. The molecular formula is C11H17NO. The highest BCUT2D eigenvalue weighted by Crippen LogP contribution is 2.02. The van der Waals surface area contributed by atoms with Crippen molar-refractivity contribution in [3.63, 3.8) is 0 Å². The molecular weight excluding hydrogens is 162 g/mol. The van der Waals surface area contributed by atoms with Crippen LogP contribution in [0.4, 0.5) is 0 Å². The van der Waals surface area contributed by atoms with E-state index in [0.29, 0.717) is 6.54 Å². The first-order chi connectivity index (χ1) is 6.18. The molecule has 13 heavy (non-hydrogen) atoms. The zero-order valence-electron chi connectivity index (χ0n) is 8.25. The van der Waals surface area contributed by atoms with Crippen LogP contribution in [0.2, 0.25) is 0 Å². The summed E-state index contributed by atoms with van der Waals surface area (Å²) in [4.78, 5) is 0. The van der Waals surface area contributed by atoms with E-state index in [1.807, 2.05) is 0 Å². The maximum absolute atomic E-state index is 9.01. The number of benzene rings is 1. The van der Waals surface area contributed by atoms with E-state index in [1.165, 1.54) is 11.1 Å². The molecule has 1 atom stereocenters. The first kappa shape index (κ1) is 10.2. The molecule has 0 bridgehead atoms. The molecule has 0 aliphatic heterocycles. The first-order valence-corrected chi connectivity index (χ1v) is 4.63. The van der Waals surface area contributed by atoms with E-state index < -0.39 is 0 Å². The predicted octanol–water partition coefficient (Wildman–Crippen LogP) is 1.47. The van der Waals surface area contributed by atoms with Crippen molar-refractivity contribution in [1.82, 2.24) is 5.32 Å². The second kappa shape index (κ2) is 5.00. The Morgan fingerprint density at radius 3 is 2.46 bits per heavy atom. The van der Waals surface area contributed by atoms with Gasteiger partial charge in [-0.15, -0.1) is 0 Å². The van der Waals surface area contributed by atoms with Crippen molar-refractivity contribution >= 4 is 0 Å². The van der Waals surface area contributed by atoms with Gasteiger partial charge in [-0.2, -0.15) is 0 Å². The summed E-state index contributed by atoms with van der Waals surface area (Å²) >= 11 is 0. The Hall–Kier alpha value is -0.860. The van der Waals surface area contributed by atoms with Crippen LogP contribution in [-0.4, -0.2) is 17.8 Å². The lowest BCUT2D eigenvalue weighted by Crippen LogP contribution is -2.23. The van der Waals surface area contributed by atoms with Crippen molar-refractivity contribution in [3.8, 4) is 0 Å². The lowest BCUT2D eigenvalue weighted by Gasteiger charge is -2.06. The van der Waals surface area contributed by atoms with Crippen molar-refractivity contribution in [3.05, 3.63) is 35.4 Å². The van der Waals surface area contributed by atoms with Gasteiger partial charge in [-0.3, -0.25) is 0 Å². The molecule has 72 valence electrons. The van der Waals surface area contributed by atoms with E-state index in [1.54, 1.807) is 6.92 Å². The van der Waals surface area contributed by atoms with Crippen LogP contribution in [0.1, 0.15) is 18.1 Å². The molecule has 1 rings (SSSR count). The van der Waals surface area contributed by atoms with E-state index in [9.17, 15) is 0 Å². The van der Waals surface area contributed by atoms with Crippen molar-refractivity contribution in [2.24, 2.45) is 0 Å². The van der Waals surface area contributed by atoms with E-state index in [-0.39, 0.29) is 6.10 Å². The van der Waals surface area contributed by atoms with Crippen LogP contribution in [-0.2, 0) is 6.54 Å². The van der Waals surface area contributed by atoms with Gasteiger partial charge >= 0.3 is 0 Å². The number of aliphatic hydroxyl groups is 1. The third kappa shape index (κ3) is 4.06. The van der Waals surface area contributed by atoms with Crippen LogP contribution in [0.15, 0.2) is 24.3 Å². The Kier molecular flexibility index (Phi) is 3.93. The SMILES string of the molecule is Cc1ccc(CNC[C@@H](C)O)cc1. The predicted molar refractivity (Wildman–Crippen MR) is 54.6 cm³/mol. The maximum atomic E-state index is 9.01. The van der Waals surface area contributed by atoms with E-state index >= 15 is 0 Å². The van der Waals surface area contributed by atoms with E-state index in [2.05, 4.69) is 36.5 Å². The Bertz CT molecular complexity index is 241. The molecule has 0 aliphatic rings. The largest absolute Gasteiger partial charge is 0.392 e. The Morgan fingerprint density at radius 2 is 1.92 bits per heavy atom. The first-order valence-electron chi connectivity index (χ1n) is 4.63. The van der Waals surface area contributed by atoms with Crippen LogP contribution < -0.4 is 5.32 Å². The van der Waals surface area contributed by atoms with Crippen molar-refractivity contribution in [2.75, 3.05) is 6.54 Å². The maximum Gasteiger partial charge on any atom is 0.0636 e. The zero-order valence-corrected chi connectivity index (χ0v) is 8.25. The van der Waals surface area contributed by atoms with Gasteiger partial charge in [-0.25, -0.2) is 0 Å². The highest BCUT2D eigenvalue weighted by Gasteiger charge is 1.95. The molecule has 0 aliphatic carbocycles. The molecule has 2 heteroatoms. The van der Waals surface area contributed by atoms with Gasteiger partial charge in [0.15, 0.2) is 0 Å². The summed E-state index contributed by atoms with van der Waals surface area (Å²) in [5, 5.41) is 12.2. The molecule has 1 aromatic rings. The summed E-state index contributed by atoms with van der Waals surface area (Å²) in [5.41, 5.74) is 2.53. The third-order valence-corrected chi connectivity index (χ3v) is 1.89. The smallest absolute Gasteiger partial charge is 0.0636 e. The summed E-state index contributed by atoms with van der Waals surface area (Å²) in [6.07, 6.45) is -0.273. The molecule has 0 radical (unpaired) electrons.